The highest BCUT2D eigenvalue weighted by atomic mass is 32.1. The molecule has 2 N–H and O–H groups in total. The van der Waals surface area contributed by atoms with Crippen molar-refractivity contribution in [2.24, 2.45) is 0 Å². The molecular weight excluding hydrogens is 525 g/mol. The van der Waals surface area contributed by atoms with Crippen molar-refractivity contribution < 1.29 is 32.6 Å². The van der Waals surface area contributed by atoms with Crippen molar-refractivity contribution in [2.45, 2.75) is 37.4 Å². The van der Waals surface area contributed by atoms with Gasteiger partial charge in [0.1, 0.15) is 6.33 Å². The molecule has 3 aromatic rings. The minimum Gasteiger partial charge on any atom is -0.479 e. The third-order valence-corrected chi connectivity index (χ3v) is 7.45. The highest BCUT2D eigenvalue weighted by Gasteiger charge is 2.38. The van der Waals surface area contributed by atoms with Gasteiger partial charge in [-0.15, -0.1) is 0 Å². The summed E-state index contributed by atoms with van der Waals surface area (Å²) in [5, 5.41) is 10.6. The zero-order valence-corrected chi connectivity index (χ0v) is 21.3. The van der Waals surface area contributed by atoms with Gasteiger partial charge in [-0.2, -0.15) is 18.2 Å². The van der Waals surface area contributed by atoms with Gasteiger partial charge in [-0.1, -0.05) is 41.7 Å². The molecule has 2 saturated heterocycles. The van der Waals surface area contributed by atoms with Gasteiger partial charge in [0.25, 0.3) is 0 Å². The number of carbonyl (C=O) groups excluding carboxylic acids is 1. The van der Waals surface area contributed by atoms with Crippen LogP contribution in [0.1, 0.15) is 30.7 Å². The lowest BCUT2D eigenvalue weighted by Gasteiger charge is -2.36. The number of methoxy groups -OCH3 is 1. The zero-order chi connectivity index (χ0) is 27.3. The first kappa shape index (κ1) is 27.5. The number of anilines is 1. The van der Waals surface area contributed by atoms with E-state index in [4.69, 9.17) is 14.6 Å². The molecule has 38 heavy (non-hydrogen) atoms. The summed E-state index contributed by atoms with van der Waals surface area (Å²) in [7, 11) is 1.55. The molecule has 0 bridgehead atoms. The van der Waals surface area contributed by atoms with Crippen LogP contribution in [-0.4, -0.2) is 87.4 Å². The largest absolute Gasteiger partial charge is 0.490 e. The first-order valence-corrected chi connectivity index (χ1v) is 12.8. The van der Waals surface area contributed by atoms with Crippen molar-refractivity contribution in [3.8, 4) is 5.88 Å². The molecule has 10 nitrogen and oxygen atoms in total. The lowest BCUT2D eigenvalue weighted by Crippen LogP contribution is -2.47. The predicted octanol–water partition coefficient (Wildman–Crippen LogP) is 4.21. The number of hydrogen-bond acceptors (Lipinski definition) is 8. The SMILES string of the molecule is COc1ncnc2sc(NC(=O)N3CCC(N4CCC(c5ccccc5)C4)CC3)nc12.O=C(O)C(F)(F)F. The average Bonchev–Trinajstić information content (AvgIpc) is 3.56. The number of likely N-dealkylation sites (tertiary alicyclic amines) is 2. The van der Waals surface area contributed by atoms with Crippen molar-refractivity contribution in [3.63, 3.8) is 0 Å². The number of benzene rings is 1. The maximum atomic E-state index is 12.8. The Morgan fingerprint density at radius 1 is 1.11 bits per heavy atom. The Morgan fingerprint density at radius 2 is 1.79 bits per heavy atom. The number of ether oxygens (including phenoxy) is 1. The number of carbonyl (C=O) groups is 2. The van der Waals surface area contributed by atoms with Crippen LogP contribution in [0, 0.1) is 0 Å². The number of rotatable bonds is 4. The van der Waals surface area contributed by atoms with E-state index >= 15 is 0 Å². The summed E-state index contributed by atoms with van der Waals surface area (Å²) < 4.78 is 37.0. The van der Waals surface area contributed by atoms with E-state index in [1.165, 1.54) is 29.6 Å². The standard InChI is InChI=1S/C22H26N6O2S.C2HF3O2/c1-30-19-18-20(24-14-23-19)31-21(25-18)26-22(29)27-11-8-17(9-12-27)28-10-7-16(13-28)15-5-3-2-4-6-15;3-2(4,5)1(6)7/h2-6,14,16-17H,7-13H2,1H3,(H,25,26,29);(H,6,7). The van der Waals surface area contributed by atoms with E-state index in [-0.39, 0.29) is 6.03 Å². The number of thiazole rings is 1. The molecule has 2 fully saturated rings. The van der Waals surface area contributed by atoms with Crippen LogP contribution in [0.15, 0.2) is 36.7 Å². The summed E-state index contributed by atoms with van der Waals surface area (Å²) in [5.74, 6) is -1.71. The molecule has 2 amide bonds. The summed E-state index contributed by atoms with van der Waals surface area (Å²) >= 11 is 1.33. The number of halogens is 3. The summed E-state index contributed by atoms with van der Waals surface area (Å²) in [6.45, 7) is 3.79. The van der Waals surface area contributed by atoms with E-state index in [1.807, 2.05) is 4.90 Å². The molecule has 1 atom stereocenters. The first-order valence-electron chi connectivity index (χ1n) is 12.0. The molecule has 0 aliphatic carbocycles. The minimum absolute atomic E-state index is 0.104. The third kappa shape index (κ3) is 6.67. The number of hydrogen-bond donors (Lipinski definition) is 2. The molecule has 2 aliphatic rings. The second-order valence-corrected chi connectivity index (χ2v) is 9.88. The van der Waals surface area contributed by atoms with Crippen LogP contribution >= 0.6 is 11.3 Å². The highest BCUT2D eigenvalue weighted by Crippen LogP contribution is 2.32. The van der Waals surface area contributed by atoms with Gasteiger partial charge in [0.05, 0.1) is 7.11 Å². The van der Waals surface area contributed by atoms with E-state index in [2.05, 4.69) is 55.5 Å². The van der Waals surface area contributed by atoms with Gasteiger partial charge in [-0.05, 0) is 37.3 Å². The van der Waals surface area contributed by atoms with Gasteiger partial charge in [-0.3, -0.25) is 10.2 Å². The molecule has 0 radical (unpaired) electrons. The minimum atomic E-state index is -5.08. The number of nitrogens with zero attached hydrogens (tertiary/aromatic N) is 5. The Morgan fingerprint density at radius 3 is 2.42 bits per heavy atom. The lowest BCUT2D eigenvalue weighted by atomic mass is 9.98. The molecular formula is C24H27F3N6O4S. The summed E-state index contributed by atoms with van der Waals surface area (Å²) in [6.07, 6.45) is -0.409. The van der Waals surface area contributed by atoms with Crippen LogP contribution in [0.5, 0.6) is 5.88 Å². The van der Waals surface area contributed by atoms with Crippen molar-refractivity contribution in [2.75, 3.05) is 38.6 Å². The Bertz CT molecular complexity index is 1250. The van der Waals surface area contributed by atoms with Crippen LogP contribution in [0.2, 0.25) is 0 Å². The number of nitrogens with one attached hydrogen (secondary N) is 1. The van der Waals surface area contributed by atoms with E-state index in [9.17, 15) is 18.0 Å². The van der Waals surface area contributed by atoms with Gasteiger partial charge in [0.15, 0.2) is 15.5 Å². The Balaban J connectivity index is 0.000000426. The number of carboxylic acid groups (broad SMARTS) is 1. The fraction of sp³-hybridized carbons (Fsp3) is 0.458. The van der Waals surface area contributed by atoms with Crippen molar-refractivity contribution in [1.29, 1.82) is 0 Å². The van der Waals surface area contributed by atoms with Gasteiger partial charge < -0.3 is 14.7 Å². The van der Waals surface area contributed by atoms with Crippen LogP contribution in [0.3, 0.4) is 0 Å². The molecule has 5 rings (SSSR count). The van der Waals surface area contributed by atoms with Gasteiger partial charge in [-0.25, -0.2) is 19.6 Å². The first-order chi connectivity index (χ1) is 18.2. The van der Waals surface area contributed by atoms with Crippen molar-refractivity contribution in [3.05, 3.63) is 42.2 Å². The Labute approximate surface area is 220 Å². The zero-order valence-electron chi connectivity index (χ0n) is 20.5. The van der Waals surface area contributed by atoms with Crippen molar-refractivity contribution in [1.82, 2.24) is 24.8 Å². The number of alkyl halides is 3. The molecule has 4 heterocycles. The summed E-state index contributed by atoms with van der Waals surface area (Å²) in [4.78, 5) is 39.6. The molecule has 1 aromatic carbocycles. The van der Waals surface area contributed by atoms with Crippen LogP contribution in [0.4, 0.5) is 23.1 Å². The normalized spacial score (nSPS) is 18.6. The molecule has 0 spiro atoms. The van der Waals surface area contributed by atoms with E-state index in [0.717, 1.165) is 39.0 Å². The predicted molar refractivity (Wildman–Crippen MR) is 134 cm³/mol. The number of aliphatic carboxylic acids is 1. The number of carboxylic acids is 1. The fourth-order valence-corrected chi connectivity index (χ4v) is 5.45. The van der Waals surface area contributed by atoms with Gasteiger partial charge in [0.2, 0.25) is 5.88 Å². The maximum Gasteiger partial charge on any atom is 0.490 e. The third-order valence-electron chi connectivity index (χ3n) is 6.57. The molecule has 1 unspecified atom stereocenters. The van der Waals surface area contributed by atoms with Crippen LogP contribution in [-0.2, 0) is 4.79 Å². The van der Waals surface area contributed by atoms with Gasteiger partial charge in [0, 0.05) is 25.7 Å². The molecule has 14 heteroatoms. The second-order valence-electron chi connectivity index (χ2n) is 8.90. The Hall–Kier alpha value is -3.52. The van der Waals surface area contributed by atoms with Crippen LogP contribution in [0.25, 0.3) is 10.3 Å². The second kappa shape index (κ2) is 11.9. The fourth-order valence-electron chi connectivity index (χ4n) is 4.66. The molecule has 204 valence electrons. The number of piperidine rings is 1. The summed E-state index contributed by atoms with van der Waals surface area (Å²) in [5.41, 5.74) is 2.02. The number of amides is 2. The number of aromatic nitrogens is 3. The number of urea groups is 1. The Kier molecular flexibility index (Phi) is 8.62. The van der Waals surface area contributed by atoms with Crippen LogP contribution < -0.4 is 10.1 Å². The molecule has 2 aromatic heterocycles. The van der Waals surface area contributed by atoms with E-state index in [0.29, 0.717) is 33.3 Å². The molecule has 2 aliphatic heterocycles. The average molecular weight is 553 g/mol. The number of fused-ring (bicyclic) bond motifs is 1. The highest BCUT2D eigenvalue weighted by molar-refractivity contribution is 7.22. The topological polar surface area (TPSA) is 121 Å². The lowest BCUT2D eigenvalue weighted by molar-refractivity contribution is -0.192. The molecule has 0 saturated carbocycles. The quantitative estimate of drug-likeness (QED) is 0.494. The van der Waals surface area contributed by atoms with Crippen molar-refractivity contribution >= 4 is 38.8 Å². The monoisotopic (exact) mass is 552 g/mol. The van der Waals surface area contributed by atoms with E-state index in [1.54, 1.807) is 7.11 Å². The smallest absolute Gasteiger partial charge is 0.479 e. The summed E-state index contributed by atoms with van der Waals surface area (Å²) in [6, 6.07) is 11.3. The maximum absolute atomic E-state index is 12.8. The van der Waals surface area contributed by atoms with Gasteiger partial charge >= 0.3 is 18.2 Å². The van der Waals surface area contributed by atoms with E-state index < -0.39 is 12.1 Å².